The van der Waals surface area contributed by atoms with E-state index >= 15 is 0 Å². The van der Waals surface area contributed by atoms with Crippen LogP contribution in [0, 0.1) is 5.92 Å². The lowest BCUT2D eigenvalue weighted by atomic mass is 10.2. The van der Waals surface area contributed by atoms with Gasteiger partial charge in [-0.1, -0.05) is 6.07 Å². The molecular weight excluding hydrogens is 258 g/mol. The summed E-state index contributed by atoms with van der Waals surface area (Å²) in [4.78, 5) is 24.8. The van der Waals surface area contributed by atoms with E-state index in [1.54, 1.807) is 6.07 Å². The van der Waals surface area contributed by atoms with Crippen molar-refractivity contribution in [3.8, 4) is 0 Å². The van der Waals surface area contributed by atoms with Crippen LogP contribution < -0.4 is 15.5 Å². The molecule has 6 nitrogen and oxygen atoms in total. The first-order chi connectivity index (χ1) is 9.47. The number of nitrogens with zero attached hydrogens (tertiary/aromatic N) is 1. The summed E-state index contributed by atoms with van der Waals surface area (Å²) in [7, 11) is 3.82. The Morgan fingerprint density at radius 2 is 2.05 bits per heavy atom. The van der Waals surface area contributed by atoms with E-state index in [0.29, 0.717) is 5.69 Å². The monoisotopic (exact) mass is 277 g/mol. The maximum atomic E-state index is 11.8. The number of carboxylic acid groups (broad SMARTS) is 1. The fraction of sp³-hybridized carbons (Fsp3) is 0.429. The number of carbonyl (C=O) groups is 2. The molecule has 1 aliphatic carbocycles. The molecule has 1 aliphatic rings. The Bertz CT molecular complexity index is 512. The predicted octanol–water partition coefficient (Wildman–Crippen LogP) is 1.74. The highest BCUT2D eigenvalue weighted by Gasteiger charge is 2.37. The molecule has 1 unspecified atom stereocenters. The quantitative estimate of drug-likeness (QED) is 0.765. The summed E-state index contributed by atoms with van der Waals surface area (Å²) in [6.45, 7) is 0. The molecular formula is C14H19N3O3. The molecule has 20 heavy (non-hydrogen) atoms. The zero-order valence-electron chi connectivity index (χ0n) is 11.6. The Morgan fingerprint density at radius 3 is 2.60 bits per heavy atom. The summed E-state index contributed by atoms with van der Waals surface area (Å²) < 4.78 is 0. The van der Waals surface area contributed by atoms with Gasteiger partial charge in [-0.05, 0) is 37.0 Å². The van der Waals surface area contributed by atoms with Gasteiger partial charge in [0.15, 0.2) is 0 Å². The van der Waals surface area contributed by atoms with Crippen LogP contribution in [-0.2, 0) is 4.79 Å². The van der Waals surface area contributed by atoms with Gasteiger partial charge < -0.3 is 20.6 Å². The van der Waals surface area contributed by atoms with Crippen molar-refractivity contribution >= 4 is 23.4 Å². The minimum atomic E-state index is -0.982. The first-order valence-electron chi connectivity index (χ1n) is 6.55. The molecule has 1 aromatic rings. The third-order valence-corrected chi connectivity index (χ3v) is 3.27. The van der Waals surface area contributed by atoms with Gasteiger partial charge in [0.25, 0.3) is 0 Å². The molecule has 0 bridgehead atoms. The number of benzene rings is 1. The summed E-state index contributed by atoms with van der Waals surface area (Å²) in [5.74, 6) is -0.920. The van der Waals surface area contributed by atoms with E-state index in [9.17, 15) is 9.59 Å². The molecule has 2 rings (SSSR count). The Morgan fingerprint density at radius 1 is 1.35 bits per heavy atom. The summed E-state index contributed by atoms with van der Waals surface area (Å²) in [5.41, 5.74) is 1.59. The number of urea groups is 1. The van der Waals surface area contributed by atoms with Crippen molar-refractivity contribution < 1.29 is 14.7 Å². The molecule has 2 amide bonds. The summed E-state index contributed by atoms with van der Waals surface area (Å²) in [6, 6.07) is 6.06. The van der Waals surface area contributed by atoms with Crippen molar-refractivity contribution in [3.05, 3.63) is 24.3 Å². The van der Waals surface area contributed by atoms with Crippen molar-refractivity contribution in [3.63, 3.8) is 0 Å². The van der Waals surface area contributed by atoms with Gasteiger partial charge in [-0.15, -0.1) is 0 Å². The number of amides is 2. The molecule has 1 atom stereocenters. The largest absolute Gasteiger partial charge is 0.480 e. The van der Waals surface area contributed by atoms with E-state index in [1.807, 2.05) is 37.2 Å². The van der Waals surface area contributed by atoms with E-state index < -0.39 is 18.0 Å². The lowest BCUT2D eigenvalue weighted by Crippen LogP contribution is -2.44. The lowest BCUT2D eigenvalue weighted by Gasteiger charge is -2.16. The minimum absolute atomic E-state index is 0.0614. The van der Waals surface area contributed by atoms with Crippen molar-refractivity contribution in [2.75, 3.05) is 24.3 Å². The number of carboxylic acids is 1. The van der Waals surface area contributed by atoms with Crippen LogP contribution in [0.3, 0.4) is 0 Å². The average molecular weight is 277 g/mol. The zero-order chi connectivity index (χ0) is 14.7. The molecule has 108 valence electrons. The summed E-state index contributed by atoms with van der Waals surface area (Å²) in [6.07, 6.45) is 1.71. The van der Waals surface area contributed by atoms with Gasteiger partial charge in [-0.25, -0.2) is 9.59 Å². The van der Waals surface area contributed by atoms with Crippen LogP contribution in [0.1, 0.15) is 12.8 Å². The Balaban J connectivity index is 1.97. The SMILES string of the molecule is CN(C)c1cccc(NC(=O)NC(C(=O)O)C2CC2)c1. The summed E-state index contributed by atoms with van der Waals surface area (Å²) >= 11 is 0. The second-order valence-corrected chi connectivity index (χ2v) is 5.20. The molecule has 1 aromatic carbocycles. The van der Waals surface area contributed by atoms with Crippen LogP contribution in [0.4, 0.5) is 16.2 Å². The number of carbonyl (C=O) groups excluding carboxylic acids is 1. The first-order valence-corrected chi connectivity index (χ1v) is 6.55. The van der Waals surface area contributed by atoms with Crippen molar-refractivity contribution in [1.29, 1.82) is 0 Å². The molecule has 1 saturated carbocycles. The van der Waals surface area contributed by atoms with Crippen LogP contribution in [0.5, 0.6) is 0 Å². The standard InChI is InChI=1S/C14H19N3O3/c1-17(2)11-5-3-4-10(8-11)15-14(20)16-12(13(18)19)9-6-7-9/h3-5,8-9,12H,6-7H2,1-2H3,(H,18,19)(H2,15,16,20). The lowest BCUT2D eigenvalue weighted by molar-refractivity contribution is -0.139. The van der Waals surface area contributed by atoms with Gasteiger partial charge in [0.05, 0.1) is 0 Å². The Kier molecular flexibility index (Phi) is 4.12. The molecule has 0 saturated heterocycles. The van der Waals surface area contributed by atoms with Crippen molar-refractivity contribution in [2.45, 2.75) is 18.9 Å². The van der Waals surface area contributed by atoms with E-state index in [-0.39, 0.29) is 5.92 Å². The van der Waals surface area contributed by atoms with Crippen molar-refractivity contribution in [2.24, 2.45) is 5.92 Å². The second kappa shape index (κ2) is 5.81. The van der Waals surface area contributed by atoms with Gasteiger partial charge in [-0.2, -0.15) is 0 Å². The summed E-state index contributed by atoms with van der Waals surface area (Å²) in [5, 5.41) is 14.2. The molecule has 0 aromatic heterocycles. The number of anilines is 2. The highest BCUT2D eigenvalue weighted by molar-refractivity contribution is 5.92. The number of hydrogen-bond donors (Lipinski definition) is 3. The van der Waals surface area contributed by atoms with Crippen LogP contribution in [0.2, 0.25) is 0 Å². The molecule has 0 aliphatic heterocycles. The molecule has 0 radical (unpaired) electrons. The number of hydrogen-bond acceptors (Lipinski definition) is 3. The first kappa shape index (κ1) is 14.2. The number of nitrogens with one attached hydrogen (secondary N) is 2. The maximum Gasteiger partial charge on any atom is 0.326 e. The van der Waals surface area contributed by atoms with Crippen LogP contribution >= 0.6 is 0 Å². The number of rotatable bonds is 5. The smallest absolute Gasteiger partial charge is 0.326 e. The maximum absolute atomic E-state index is 11.8. The molecule has 1 fully saturated rings. The highest BCUT2D eigenvalue weighted by Crippen LogP contribution is 2.32. The molecule has 0 spiro atoms. The van der Waals surface area contributed by atoms with Crippen LogP contribution in [0.15, 0.2) is 24.3 Å². The number of aliphatic carboxylic acids is 1. The zero-order valence-corrected chi connectivity index (χ0v) is 11.6. The average Bonchev–Trinajstić information content (AvgIpc) is 3.20. The van der Waals surface area contributed by atoms with Gasteiger partial charge in [-0.3, -0.25) is 0 Å². The highest BCUT2D eigenvalue weighted by atomic mass is 16.4. The van der Waals surface area contributed by atoms with E-state index in [4.69, 9.17) is 5.11 Å². The Labute approximate surface area is 117 Å². The van der Waals surface area contributed by atoms with E-state index in [1.165, 1.54) is 0 Å². The van der Waals surface area contributed by atoms with Crippen molar-refractivity contribution in [1.82, 2.24) is 5.32 Å². The van der Waals surface area contributed by atoms with E-state index in [0.717, 1.165) is 18.5 Å². The third-order valence-electron chi connectivity index (χ3n) is 3.27. The van der Waals surface area contributed by atoms with Gasteiger partial charge in [0.2, 0.25) is 0 Å². The molecule has 6 heteroatoms. The third kappa shape index (κ3) is 3.63. The molecule has 0 heterocycles. The van der Waals surface area contributed by atoms with Crippen LogP contribution in [0.25, 0.3) is 0 Å². The normalized spacial score (nSPS) is 15.3. The van der Waals surface area contributed by atoms with Gasteiger partial charge in [0.1, 0.15) is 6.04 Å². The Hall–Kier alpha value is -2.24. The van der Waals surface area contributed by atoms with Gasteiger partial charge >= 0.3 is 12.0 Å². The fourth-order valence-electron chi connectivity index (χ4n) is 1.98. The van der Waals surface area contributed by atoms with Crippen LogP contribution in [-0.4, -0.2) is 37.2 Å². The predicted molar refractivity (Wildman–Crippen MR) is 77.1 cm³/mol. The van der Waals surface area contributed by atoms with E-state index in [2.05, 4.69) is 10.6 Å². The fourth-order valence-corrected chi connectivity index (χ4v) is 1.98. The topological polar surface area (TPSA) is 81.7 Å². The minimum Gasteiger partial charge on any atom is -0.480 e. The molecule has 3 N–H and O–H groups in total. The second-order valence-electron chi connectivity index (χ2n) is 5.20. The van der Waals surface area contributed by atoms with Gasteiger partial charge in [0, 0.05) is 25.5 Å².